The van der Waals surface area contributed by atoms with Crippen molar-refractivity contribution in [1.29, 1.82) is 0 Å². The molecule has 1 aromatic carbocycles. The predicted molar refractivity (Wildman–Crippen MR) is 73.3 cm³/mol. The summed E-state index contributed by atoms with van der Waals surface area (Å²) < 4.78 is 4.87. The minimum Gasteiger partial charge on any atom is -0.465 e. The molecule has 2 rings (SSSR count). The van der Waals surface area contributed by atoms with Crippen molar-refractivity contribution in [3.63, 3.8) is 0 Å². The third-order valence-corrected chi connectivity index (χ3v) is 3.32. The van der Waals surface area contributed by atoms with Gasteiger partial charge in [0.1, 0.15) is 0 Å². The van der Waals surface area contributed by atoms with Crippen LogP contribution in [0.25, 0.3) is 0 Å². The van der Waals surface area contributed by atoms with E-state index in [4.69, 9.17) is 4.74 Å². The molecule has 0 fully saturated rings. The van der Waals surface area contributed by atoms with Crippen LogP contribution in [0.3, 0.4) is 0 Å². The van der Waals surface area contributed by atoms with Crippen molar-refractivity contribution in [2.75, 3.05) is 23.9 Å². The Hall–Kier alpha value is -1.71. The summed E-state index contributed by atoms with van der Waals surface area (Å²) in [6, 6.07) is 6.39. The Morgan fingerprint density at radius 2 is 2.22 bits per heavy atom. The van der Waals surface area contributed by atoms with Gasteiger partial charge in [0.2, 0.25) is 0 Å². The van der Waals surface area contributed by atoms with Crippen LogP contribution in [0.2, 0.25) is 0 Å². The number of para-hydroxylation sites is 1. The molecule has 1 heterocycles. The van der Waals surface area contributed by atoms with Crippen LogP contribution in [0.5, 0.6) is 0 Å². The lowest BCUT2D eigenvalue weighted by Gasteiger charge is -2.41. The van der Waals surface area contributed by atoms with E-state index in [0.29, 0.717) is 17.6 Å². The van der Waals surface area contributed by atoms with Gasteiger partial charge in [0, 0.05) is 18.6 Å². The maximum Gasteiger partial charge on any atom is 0.340 e. The van der Waals surface area contributed by atoms with E-state index in [9.17, 15) is 4.79 Å². The first-order valence-corrected chi connectivity index (χ1v) is 6.29. The lowest BCUT2D eigenvalue weighted by Crippen LogP contribution is -2.46. The van der Waals surface area contributed by atoms with Crippen LogP contribution in [0.4, 0.5) is 11.4 Å². The largest absolute Gasteiger partial charge is 0.465 e. The van der Waals surface area contributed by atoms with Gasteiger partial charge in [-0.2, -0.15) is 0 Å². The van der Waals surface area contributed by atoms with Crippen LogP contribution < -0.4 is 10.2 Å². The van der Waals surface area contributed by atoms with Gasteiger partial charge in [-0.1, -0.05) is 6.07 Å². The van der Waals surface area contributed by atoms with Crippen LogP contribution in [-0.4, -0.2) is 31.7 Å². The zero-order valence-electron chi connectivity index (χ0n) is 11.4. The molecule has 0 aromatic heterocycles. The normalized spacial score (nSPS) is 18.3. The number of hydrogen-bond acceptors (Lipinski definition) is 4. The van der Waals surface area contributed by atoms with Gasteiger partial charge in [-0.3, -0.25) is 0 Å². The number of esters is 1. The van der Waals surface area contributed by atoms with E-state index in [1.807, 2.05) is 18.2 Å². The molecular formula is C14H20N2O2. The van der Waals surface area contributed by atoms with Crippen molar-refractivity contribution in [3.8, 4) is 0 Å². The van der Waals surface area contributed by atoms with Crippen molar-refractivity contribution >= 4 is 17.3 Å². The molecule has 1 aliphatic heterocycles. The van der Waals surface area contributed by atoms with E-state index < -0.39 is 0 Å². The number of ether oxygens (including phenoxy) is 1. The Bertz CT molecular complexity index is 457. The monoisotopic (exact) mass is 248 g/mol. The Balaban J connectivity index is 2.57. The number of hydrogen-bond donors (Lipinski definition) is 1. The molecule has 0 radical (unpaired) electrons. The van der Waals surface area contributed by atoms with Crippen molar-refractivity contribution in [3.05, 3.63) is 23.8 Å². The van der Waals surface area contributed by atoms with E-state index in [2.05, 4.69) is 31.0 Å². The molecule has 4 nitrogen and oxygen atoms in total. The Labute approximate surface area is 108 Å². The molecule has 1 aliphatic rings. The number of methoxy groups -OCH3 is 1. The predicted octanol–water partition coefficient (Wildman–Crippen LogP) is 2.50. The van der Waals surface area contributed by atoms with Crippen LogP contribution in [0.15, 0.2) is 18.2 Å². The lowest BCUT2D eigenvalue weighted by molar-refractivity contribution is 0.0601. The van der Waals surface area contributed by atoms with Crippen LogP contribution in [0, 0.1) is 0 Å². The molecule has 0 aliphatic carbocycles. The van der Waals surface area contributed by atoms with Gasteiger partial charge in [-0.25, -0.2) is 4.79 Å². The summed E-state index contributed by atoms with van der Waals surface area (Å²) in [6.07, 6.45) is 0. The Morgan fingerprint density at radius 3 is 2.83 bits per heavy atom. The zero-order valence-corrected chi connectivity index (χ0v) is 11.4. The molecule has 98 valence electrons. The number of carbonyl (C=O) groups excluding carboxylic acids is 1. The number of carbonyl (C=O) groups is 1. The van der Waals surface area contributed by atoms with Gasteiger partial charge < -0.3 is 15.0 Å². The van der Waals surface area contributed by atoms with Crippen molar-refractivity contribution < 1.29 is 9.53 Å². The highest BCUT2D eigenvalue weighted by atomic mass is 16.5. The summed E-state index contributed by atoms with van der Waals surface area (Å²) in [4.78, 5) is 14.2. The van der Waals surface area contributed by atoms with E-state index in [0.717, 1.165) is 17.9 Å². The second kappa shape index (κ2) is 4.88. The van der Waals surface area contributed by atoms with Crippen molar-refractivity contribution in [2.45, 2.75) is 32.9 Å². The van der Waals surface area contributed by atoms with E-state index in [1.54, 1.807) is 0 Å². The van der Waals surface area contributed by atoms with E-state index >= 15 is 0 Å². The third-order valence-electron chi connectivity index (χ3n) is 3.32. The average molecular weight is 248 g/mol. The Morgan fingerprint density at radius 1 is 1.50 bits per heavy atom. The first-order chi connectivity index (χ1) is 8.56. The smallest absolute Gasteiger partial charge is 0.340 e. The maximum atomic E-state index is 11.9. The lowest BCUT2D eigenvalue weighted by atomic mass is 10.0. The Kier molecular flexibility index (Phi) is 3.45. The molecule has 1 N–H and O–H groups in total. The summed E-state index contributed by atoms with van der Waals surface area (Å²) in [5.41, 5.74) is 2.59. The molecule has 1 aromatic rings. The van der Waals surface area contributed by atoms with Crippen LogP contribution >= 0.6 is 0 Å². The molecule has 0 spiro atoms. The molecule has 1 atom stereocenters. The third kappa shape index (κ3) is 2.03. The first-order valence-electron chi connectivity index (χ1n) is 6.29. The first kappa shape index (κ1) is 12.7. The van der Waals surface area contributed by atoms with Crippen molar-refractivity contribution in [2.24, 2.45) is 0 Å². The number of fused-ring (bicyclic) bond motifs is 1. The summed E-state index contributed by atoms with van der Waals surface area (Å²) >= 11 is 0. The fourth-order valence-corrected chi connectivity index (χ4v) is 2.58. The molecular weight excluding hydrogens is 228 g/mol. The molecule has 0 saturated carbocycles. The molecule has 0 saturated heterocycles. The molecule has 1 unspecified atom stereocenters. The number of benzene rings is 1. The summed E-state index contributed by atoms with van der Waals surface area (Å²) in [7, 11) is 1.42. The SMILES string of the molecule is COC(=O)c1cccc2c1N(C(C)C)C(C)CN2. The van der Waals surface area contributed by atoms with Gasteiger partial charge in [0.05, 0.1) is 24.0 Å². The number of rotatable bonds is 2. The fraction of sp³-hybridized carbons (Fsp3) is 0.500. The number of anilines is 2. The highest BCUT2D eigenvalue weighted by Gasteiger charge is 2.29. The van der Waals surface area contributed by atoms with Gasteiger partial charge in [0.25, 0.3) is 0 Å². The van der Waals surface area contributed by atoms with Crippen LogP contribution in [0.1, 0.15) is 31.1 Å². The minimum atomic E-state index is -0.284. The number of nitrogens with zero attached hydrogens (tertiary/aromatic N) is 1. The topological polar surface area (TPSA) is 41.6 Å². The quantitative estimate of drug-likeness (QED) is 0.816. The van der Waals surface area contributed by atoms with Gasteiger partial charge >= 0.3 is 5.97 Å². The molecule has 0 bridgehead atoms. The zero-order chi connectivity index (χ0) is 13.3. The van der Waals surface area contributed by atoms with Gasteiger partial charge in [-0.05, 0) is 32.9 Å². The second-order valence-electron chi connectivity index (χ2n) is 4.92. The number of nitrogens with one attached hydrogen (secondary N) is 1. The van der Waals surface area contributed by atoms with Crippen LogP contribution in [-0.2, 0) is 4.74 Å². The fourth-order valence-electron chi connectivity index (χ4n) is 2.58. The maximum absolute atomic E-state index is 11.9. The highest BCUT2D eigenvalue weighted by molar-refractivity contribution is 6.00. The van der Waals surface area contributed by atoms with E-state index in [-0.39, 0.29) is 5.97 Å². The summed E-state index contributed by atoms with van der Waals surface area (Å²) in [5, 5.41) is 3.37. The molecule has 4 heteroatoms. The van der Waals surface area contributed by atoms with E-state index in [1.165, 1.54) is 7.11 Å². The summed E-state index contributed by atoms with van der Waals surface area (Å²) in [6.45, 7) is 7.32. The average Bonchev–Trinajstić information content (AvgIpc) is 2.36. The van der Waals surface area contributed by atoms with Crippen molar-refractivity contribution in [1.82, 2.24) is 0 Å². The van der Waals surface area contributed by atoms with Gasteiger partial charge in [0.15, 0.2) is 0 Å². The summed E-state index contributed by atoms with van der Waals surface area (Å²) in [5.74, 6) is -0.284. The van der Waals surface area contributed by atoms with Gasteiger partial charge in [-0.15, -0.1) is 0 Å². The second-order valence-corrected chi connectivity index (χ2v) is 4.92. The standard InChI is InChI=1S/C14H20N2O2/c1-9(2)16-10(3)8-15-12-7-5-6-11(13(12)16)14(17)18-4/h5-7,9-10,15H,8H2,1-4H3. The minimum absolute atomic E-state index is 0.284. The molecule has 18 heavy (non-hydrogen) atoms. The highest BCUT2D eigenvalue weighted by Crippen LogP contribution is 2.36. The molecule has 0 amide bonds.